The second-order valence-corrected chi connectivity index (χ2v) is 6.14. The molecule has 0 radical (unpaired) electrons. The Kier molecular flexibility index (Phi) is 2.40. The van der Waals surface area contributed by atoms with Crippen molar-refractivity contribution in [1.82, 2.24) is 0 Å². The molecule has 1 unspecified atom stereocenters. The zero-order valence-electron chi connectivity index (χ0n) is 7.78. The molecule has 1 aliphatic rings. The van der Waals surface area contributed by atoms with Crippen LogP contribution in [0.4, 0.5) is 0 Å². The quantitative estimate of drug-likeness (QED) is 0.721. The fourth-order valence-electron chi connectivity index (χ4n) is 2.00. The summed E-state index contributed by atoms with van der Waals surface area (Å²) in [5.41, 5.74) is 0. The average Bonchev–Trinajstić information content (AvgIpc) is 2.25. The minimum Gasteiger partial charge on any atom is -0.480 e. The standard InChI is InChI=1S/C8H14O4S/c1-6(2)8(7(9)10)4-3-5-13(8,11)12/h6H,3-5H2,1-2H3,(H,9,10). The zero-order valence-corrected chi connectivity index (χ0v) is 8.60. The highest BCUT2D eigenvalue weighted by atomic mass is 32.2. The van der Waals surface area contributed by atoms with Gasteiger partial charge >= 0.3 is 5.97 Å². The second kappa shape index (κ2) is 2.97. The van der Waals surface area contributed by atoms with Crippen LogP contribution in [0.25, 0.3) is 0 Å². The maximum atomic E-state index is 11.6. The molecule has 1 fully saturated rings. The van der Waals surface area contributed by atoms with Crippen molar-refractivity contribution in [1.29, 1.82) is 0 Å². The van der Waals surface area contributed by atoms with Crippen molar-refractivity contribution in [3.8, 4) is 0 Å². The second-order valence-electron chi connectivity index (χ2n) is 3.77. The number of hydrogen-bond acceptors (Lipinski definition) is 3. The van der Waals surface area contributed by atoms with Crippen molar-refractivity contribution in [2.45, 2.75) is 31.4 Å². The number of rotatable bonds is 2. The van der Waals surface area contributed by atoms with Gasteiger partial charge in [0.25, 0.3) is 0 Å². The lowest BCUT2D eigenvalue weighted by Crippen LogP contribution is -2.47. The molecular formula is C8H14O4S. The van der Waals surface area contributed by atoms with E-state index in [1.54, 1.807) is 13.8 Å². The highest BCUT2D eigenvalue weighted by Gasteiger charge is 2.56. The van der Waals surface area contributed by atoms with Gasteiger partial charge in [-0.3, -0.25) is 4.79 Å². The molecule has 1 aliphatic heterocycles. The van der Waals surface area contributed by atoms with Crippen molar-refractivity contribution < 1.29 is 18.3 Å². The maximum absolute atomic E-state index is 11.6. The Hall–Kier alpha value is -0.580. The first-order chi connectivity index (χ1) is 5.84. The molecule has 0 aliphatic carbocycles. The van der Waals surface area contributed by atoms with E-state index in [2.05, 4.69) is 0 Å². The van der Waals surface area contributed by atoms with Crippen LogP contribution in [0.5, 0.6) is 0 Å². The van der Waals surface area contributed by atoms with Crippen LogP contribution in [0.1, 0.15) is 26.7 Å². The Morgan fingerprint density at radius 3 is 2.15 bits per heavy atom. The fraction of sp³-hybridized carbons (Fsp3) is 0.875. The van der Waals surface area contributed by atoms with Crippen LogP contribution >= 0.6 is 0 Å². The summed E-state index contributed by atoms with van der Waals surface area (Å²) in [6.07, 6.45) is 0.717. The maximum Gasteiger partial charge on any atom is 0.325 e. The van der Waals surface area contributed by atoms with Gasteiger partial charge in [-0.25, -0.2) is 8.42 Å². The summed E-state index contributed by atoms with van der Waals surface area (Å²) in [6, 6.07) is 0. The van der Waals surface area contributed by atoms with E-state index in [-0.39, 0.29) is 18.1 Å². The van der Waals surface area contributed by atoms with Crippen LogP contribution in [0, 0.1) is 5.92 Å². The van der Waals surface area contributed by atoms with Crippen LogP contribution < -0.4 is 0 Å². The summed E-state index contributed by atoms with van der Waals surface area (Å²) < 4.78 is 21.7. The summed E-state index contributed by atoms with van der Waals surface area (Å²) in [5, 5.41) is 8.99. The van der Waals surface area contributed by atoms with Crippen LogP contribution in [0.15, 0.2) is 0 Å². The molecule has 1 heterocycles. The molecule has 1 rings (SSSR count). The van der Waals surface area contributed by atoms with Gasteiger partial charge in [-0.2, -0.15) is 0 Å². The summed E-state index contributed by atoms with van der Waals surface area (Å²) in [7, 11) is -3.45. The largest absolute Gasteiger partial charge is 0.480 e. The zero-order chi connectivity index (χ0) is 10.3. The summed E-state index contributed by atoms with van der Waals surface area (Å²) in [6.45, 7) is 3.30. The van der Waals surface area contributed by atoms with E-state index in [9.17, 15) is 13.2 Å². The van der Waals surface area contributed by atoms with Gasteiger partial charge in [0, 0.05) is 0 Å². The molecule has 0 aromatic rings. The van der Waals surface area contributed by atoms with Crippen molar-refractivity contribution in [2.24, 2.45) is 5.92 Å². The highest BCUT2D eigenvalue weighted by molar-refractivity contribution is 7.93. The molecule has 5 heteroatoms. The van der Waals surface area contributed by atoms with Crippen LogP contribution in [0.3, 0.4) is 0 Å². The van der Waals surface area contributed by atoms with Crippen molar-refractivity contribution >= 4 is 15.8 Å². The summed E-state index contributed by atoms with van der Waals surface area (Å²) in [4.78, 5) is 11.0. The molecule has 13 heavy (non-hydrogen) atoms. The fourth-order valence-corrected chi connectivity index (χ4v) is 4.33. The minimum atomic E-state index is -3.45. The molecule has 1 saturated heterocycles. The Morgan fingerprint density at radius 2 is 2.00 bits per heavy atom. The van der Waals surface area contributed by atoms with Crippen molar-refractivity contribution in [3.63, 3.8) is 0 Å². The predicted molar refractivity (Wildman–Crippen MR) is 48.2 cm³/mol. The number of sulfone groups is 1. The molecule has 1 atom stereocenters. The monoisotopic (exact) mass is 206 g/mol. The number of hydrogen-bond donors (Lipinski definition) is 1. The molecule has 0 aromatic carbocycles. The first kappa shape index (κ1) is 10.5. The molecule has 0 aromatic heterocycles. The van der Waals surface area contributed by atoms with Gasteiger partial charge < -0.3 is 5.11 Å². The molecule has 0 spiro atoms. The third kappa shape index (κ3) is 1.25. The summed E-state index contributed by atoms with van der Waals surface area (Å²) in [5.74, 6) is -1.55. The summed E-state index contributed by atoms with van der Waals surface area (Å²) >= 11 is 0. The number of carboxylic acid groups (broad SMARTS) is 1. The van der Waals surface area contributed by atoms with E-state index in [0.717, 1.165) is 0 Å². The van der Waals surface area contributed by atoms with Gasteiger partial charge in [-0.15, -0.1) is 0 Å². The van der Waals surface area contributed by atoms with Crippen molar-refractivity contribution in [3.05, 3.63) is 0 Å². The SMILES string of the molecule is CC(C)C1(C(=O)O)CCCS1(=O)=O. The van der Waals surface area contributed by atoms with E-state index in [1.165, 1.54) is 0 Å². The van der Waals surface area contributed by atoms with E-state index < -0.39 is 20.6 Å². The van der Waals surface area contributed by atoms with Gasteiger partial charge in [0.1, 0.15) is 0 Å². The van der Waals surface area contributed by atoms with Gasteiger partial charge in [-0.1, -0.05) is 13.8 Å². The lowest BCUT2D eigenvalue weighted by molar-refractivity contribution is -0.141. The van der Waals surface area contributed by atoms with E-state index in [4.69, 9.17) is 5.11 Å². The Labute approximate surface area is 77.9 Å². The first-order valence-electron chi connectivity index (χ1n) is 4.30. The van der Waals surface area contributed by atoms with Gasteiger partial charge in [0.2, 0.25) is 0 Å². The predicted octanol–water partition coefficient (Wildman–Crippen LogP) is 0.674. The highest BCUT2D eigenvalue weighted by Crippen LogP contribution is 2.38. The smallest absolute Gasteiger partial charge is 0.325 e. The third-order valence-corrected chi connectivity index (χ3v) is 5.60. The number of carboxylic acids is 1. The molecule has 0 bridgehead atoms. The van der Waals surface area contributed by atoms with E-state index in [0.29, 0.717) is 6.42 Å². The molecule has 4 nitrogen and oxygen atoms in total. The first-order valence-corrected chi connectivity index (χ1v) is 5.95. The number of carbonyl (C=O) groups is 1. The molecule has 0 saturated carbocycles. The lowest BCUT2D eigenvalue weighted by Gasteiger charge is -2.26. The third-order valence-electron chi connectivity index (χ3n) is 2.81. The van der Waals surface area contributed by atoms with Crippen LogP contribution in [-0.4, -0.2) is 30.0 Å². The number of aliphatic carboxylic acids is 1. The molecule has 76 valence electrons. The van der Waals surface area contributed by atoms with Gasteiger partial charge in [0.15, 0.2) is 14.6 Å². The topological polar surface area (TPSA) is 71.4 Å². The Balaban J connectivity index is 3.28. The van der Waals surface area contributed by atoms with E-state index in [1.807, 2.05) is 0 Å². The minimum absolute atomic E-state index is 0.0114. The van der Waals surface area contributed by atoms with Crippen LogP contribution in [-0.2, 0) is 14.6 Å². The molecule has 0 amide bonds. The van der Waals surface area contributed by atoms with Gasteiger partial charge in [0.05, 0.1) is 5.75 Å². The normalized spacial score (nSPS) is 32.2. The average molecular weight is 206 g/mol. The van der Waals surface area contributed by atoms with Crippen molar-refractivity contribution in [2.75, 3.05) is 5.75 Å². The Morgan fingerprint density at radius 1 is 1.46 bits per heavy atom. The molecule has 1 N–H and O–H groups in total. The molecular weight excluding hydrogens is 192 g/mol. The van der Waals surface area contributed by atoms with Gasteiger partial charge in [-0.05, 0) is 18.8 Å². The Bertz CT molecular complexity index is 317. The van der Waals surface area contributed by atoms with Crippen LogP contribution in [0.2, 0.25) is 0 Å². The lowest BCUT2D eigenvalue weighted by atomic mass is 9.91. The van der Waals surface area contributed by atoms with E-state index >= 15 is 0 Å².